The average Bonchev–Trinajstić information content (AvgIpc) is 2.40. The van der Waals surface area contributed by atoms with E-state index in [0.29, 0.717) is 5.82 Å². The molecule has 0 saturated carbocycles. The second-order valence-corrected chi connectivity index (χ2v) is 6.51. The van der Waals surface area contributed by atoms with Gasteiger partial charge in [-0.15, -0.1) is 0 Å². The summed E-state index contributed by atoms with van der Waals surface area (Å²) in [5, 5.41) is 3.26. The molecule has 4 heteroatoms. The number of Topliss-reactive ketones (excluding diaryl/α,β-unsaturated/α-hetero) is 1. The predicted molar refractivity (Wildman–Crippen MR) is 72.5 cm³/mol. The van der Waals surface area contributed by atoms with Crippen LogP contribution in [0, 0.1) is 5.41 Å². The molecule has 1 heterocycles. The molecule has 0 aliphatic heterocycles. The van der Waals surface area contributed by atoms with Crippen molar-refractivity contribution in [3.8, 4) is 0 Å². The van der Waals surface area contributed by atoms with Gasteiger partial charge in [0.2, 0.25) is 5.78 Å². The molecule has 1 aromatic heterocycles. The maximum Gasteiger partial charge on any atom is 0.203 e. The van der Waals surface area contributed by atoms with Crippen LogP contribution in [0.5, 0.6) is 0 Å². The summed E-state index contributed by atoms with van der Waals surface area (Å²) in [5.74, 6) is 1.30. The average molecular weight is 239 g/mol. The van der Waals surface area contributed by atoms with E-state index in [2.05, 4.69) is 31.1 Å². The Labute approximate surface area is 105 Å². The molecule has 1 rings (SSSR count). The molecule has 0 fully saturated rings. The second-order valence-electron chi connectivity index (χ2n) is 6.51. The third kappa shape index (κ3) is 3.58. The van der Waals surface area contributed by atoms with Gasteiger partial charge in [0.05, 0.1) is 0 Å². The maximum atomic E-state index is 12.2. The molecule has 0 spiro atoms. The zero-order valence-corrected chi connectivity index (χ0v) is 11.9. The first-order valence-electron chi connectivity index (χ1n) is 5.87. The highest BCUT2D eigenvalue weighted by atomic mass is 16.1. The highest BCUT2D eigenvalue weighted by Crippen LogP contribution is 2.22. The van der Waals surface area contributed by atoms with E-state index < -0.39 is 5.41 Å². The Morgan fingerprint density at radius 1 is 1.29 bits per heavy atom. The third-order valence-electron chi connectivity index (χ3n) is 2.26. The van der Waals surface area contributed by atoms with Gasteiger partial charge in [0.15, 0.2) is 5.82 Å². The van der Waals surface area contributed by atoms with E-state index >= 15 is 0 Å². The van der Waals surface area contributed by atoms with Crippen LogP contribution in [0.4, 0.5) is 5.82 Å². The molecule has 0 aromatic carbocycles. The van der Waals surface area contributed by atoms with Crippen molar-refractivity contribution in [1.29, 1.82) is 0 Å². The van der Waals surface area contributed by atoms with Crippen molar-refractivity contribution in [1.82, 2.24) is 9.55 Å². The summed E-state index contributed by atoms with van der Waals surface area (Å²) in [5.41, 5.74) is -0.464. The van der Waals surface area contributed by atoms with Crippen LogP contribution in [0.3, 0.4) is 0 Å². The SMILES string of the molecule is Cn1cc(NC(C)(C)C)nc1C(=O)C(C)(C)C.[HH]. The molecule has 98 valence electrons. The molecule has 0 radical (unpaired) electrons. The molecular formula is C13H25N3O. The van der Waals surface area contributed by atoms with E-state index in [1.54, 1.807) is 4.57 Å². The largest absolute Gasteiger partial charge is 0.364 e. The van der Waals surface area contributed by atoms with Crippen molar-refractivity contribution in [3.63, 3.8) is 0 Å². The summed E-state index contributed by atoms with van der Waals surface area (Å²) in [6.07, 6.45) is 1.85. The Morgan fingerprint density at radius 3 is 2.24 bits per heavy atom. The summed E-state index contributed by atoms with van der Waals surface area (Å²) in [4.78, 5) is 16.5. The summed E-state index contributed by atoms with van der Waals surface area (Å²) in [6.45, 7) is 11.9. The quantitative estimate of drug-likeness (QED) is 0.807. The molecule has 0 amide bonds. The number of anilines is 1. The lowest BCUT2D eigenvalue weighted by atomic mass is 9.90. The van der Waals surface area contributed by atoms with E-state index in [9.17, 15) is 4.79 Å². The van der Waals surface area contributed by atoms with Gasteiger partial charge in [-0.1, -0.05) is 20.8 Å². The van der Waals surface area contributed by atoms with Crippen molar-refractivity contribution < 1.29 is 6.22 Å². The standard InChI is InChI=1S/C13H23N3O.H2/c1-12(2,3)10(17)11-14-9(8-16(11)7)15-13(4,5)6;/h8,15H,1-7H3;1H. The van der Waals surface area contributed by atoms with Gasteiger partial charge in [0, 0.05) is 25.6 Å². The number of hydrogen-bond donors (Lipinski definition) is 1. The van der Waals surface area contributed by atoms with Crippen molar-refractivity contribution in [3.05, 3.63) is 12.0 Å². The molecule has 4 nitrogen and oxygen atoms in total. The number of hydrogen-bond acceptors (Lipinski definition) is 3. The van der Waals surface area contributed by atoms with Gasteiger partial charge in [-0.05, 0) is 20.8 Å². The lowest BCUT2D eigenvalue weighted by Gasteiger charge is -2.19. The van der Waals surface area contributed by atoms with Crippen LogP contribution in [-0.4, -0.2) is 20.9 Å². The first-order chi connectivity index (χ1) is 7.50. The maximum absolute atomic E-state index is 12.2. The first-order valence-corrected chi connectivity index (χ1v) is 5.87. The minimum atomic E-state index is -0.405. The van der Waals surface area contributed by atoms with Crippen LogP contribution in [0.15, 0.2) is 6.20 Å². The van der Waals surface area contributed by atoms with Gasteiger partial charge < -0.3 is 9.88 Å². The van der Waals surface area contributed by atoms with E-state index in [1.165, 1.54) is 0 Å². The van der Waals surface area contributed by atoms with E-state index in [1.807, 2.05) is 34.0 Å². The van der Waals surface area contributed by atoms with Crippen LogP contribution in [0.1, 0.15) is 53.6 Å². The lowest BCUT2D eigenvalue weighted by Crippen LogP contribution is -2.26. The van der Waals surface area contributed by atoms with Crippen LogP contribution >= 0.6 is 0 Å². The predicted octanol–water partition coefficient (Wildman–Crippen LogP) is 3.11. The van der Waals surface area contributed by atoms with Crippen molar-refractivity contribution in [2.24, 2.45) is 12.5 Å². The van der Waals surface area contributed by atoms with Crippen LogP contribution < -0.4 is 5.32 Å². The number of nitrogens with zero attached hydrogens (tertiary/aromatic N) is 2. The first kappa shape index (κ1) is 13.7. The molecule has 17 heavy (non-hydrogen) atoms. The van der Waals surface area contributed by atoms with E-state index in [0.717, 1.165) is 5.82 Å². The number of rotatable bonds is 2. The van der Waals surface area contributed by atoms with E-state index in [-0.39, 0.29) is 12.7 Å². The smallest absolute Gasteiger partial charge is 0.203 e. The van der Waals surface area contributed by atoms with Crippen LogP contribution in [0.2, 0.25) is 0 Å². The van der Waals surface area contributed by atoms with Gasteiger partial charge in [-0.2, -0.15) is 0 Å². The Balaban J connectivity index is 0.00000289. The number of ketones is 1. The third-order valence-corrected chi connectivity index (χ3v) is 2.26. The molecule has 1 N–H and O–H groups in total. The minimum absolute atomic E-state index is 0. The summed E-state index contributed by atoms with van der Waals surface area (Å²) < 4.78 is 1.78. The van der Waals surface area contributed by atoms with Crippen molar-refractivity contribution in [2.45, 2.75) is 47.1 Å². The zero-order chi connectivity index (χ0) is 13.4. The number of aryl methyl sites for hydroxylation is 1. The Morgan fingerprint density at radius 2 is 1.82 bits per heavy atom. The lowest BCUT2D eigenvalue weighted by molar-refractivity contribution is 0.0843. The molecular weight excluding hydrogens is 214 g/mol. The molecule has 0 bridgehead atoms. The fraction of sp³-hybridized carbons (Fsp3) is 0.692. The highest BCUT2D eigenvalue weighted by molar-refractivity contribution is 5.97. The van der Waals surface area contributed by atoms with Gasteiger partial charge in [-0.25, -0.2) is 4.98 Å². The van der Waals surface area contributed by atoms with Gasteiger partial charge in [0.1, 0.15) is 5.82 Å². The molecule has 0 aliphatic rings. The number of aromatic nitrogens is 2. The fourth-order valence-corrected chi connectivity index (χ4v) is 1.46. The Bertz CT molecular complexity index is 424. The molecule has 0 atom stereocenters. The van der Waals surface area contributed by atoms with E-state index in [4.69, 9.17) is 0 Å². The normalized spacial score (nSPS) is 12.6. The molecule has 0 aliphatic carbocycles. The topological polar surface area (TPSA) is 46.9 Å². The minimum Gasteiger partial charge on any atom is -0.364 e. The van der Waals surface area contributed by atoms with Crippen molar-refractivity contribution >= 4 is 11.6 Å². The second kappa shape index (κ2) is 4.17. The number of imidazole rings is 1. The van der Waals surface area contributed by atoms with Gasteiger partial charge in [-0.3, -0.25) is 4.79 Å². The fourth-order valence-electron chi connectivity index (χ4n) is 1.46. The van der Waals surface area contributed by atoms with Gasteiger partial charge >= 0.3 is 0 Å². The number of nitrogens with one attached hydrogen (secondary N) is 1. The Hall–Kier alpha value is -1.32. The Kier molecular flexibility index (Phi) is 3.37. The summed E-state index contributed by atoms with van der Waals surface area (Å²) >= 11 is 0. The monoisotopic (exact) mass is 239 g/mol. The number of carbonyl (C=O) groups is 1. The highest BCUT2D eigenvalue weighted by Gasteiger charge is 2.27. The summed E-state index contributed by atoms with van der Waals surface area (Å²) in [6, 6.07) is 0. The zero-order valence-electron chi connectivity index (χ0n) is 11.9. The van der Waals surface area contributed by atoms with Crippen LogP contribution in [-0.2, 0) is 7.05 Å². The van der Waals surface area contributed by atoms with Crippen LogP contribution in [0.25, 0.3) is 0 Å². The summed E-state index contributed by atoms with van der Waals surface area (Å²) in [7, 11) is 1.85. The number of carbonyl (C=O) groups excluding carboxylic acids is 1. The molecule has 0 unspecified atom stereocenters. The van der Waals surface area contributed by atoms with Gasteiger partial charge in [0.25, 0.3) is 0 Å². The molecule has 0 saturated heterocycles. The van der Waals surface area contributed by atoms with Crippen molar-refractivity contribution in [2.75, 3.05) is 5.32 Å². The molecule has 1 aromatic rings.